The number of carbonyl (C=O) groups excluding carboxylic acids is 1. The van der Waals surface area contributed by atoms with Gasteiger partial charge in [0.05, 0.1) is 10.3 Å². The summed E-state index contributed by atoms with van der Waals surface area (Å²) in [5.41, 5.74) is -0.285. The average Bonchev–Trinajstić information content (AvgIpc) is 3.01. The van der Waals surface area contributed by atoms with E-state index in [9.17, 15) is 13.2 Å². The lowest BCUT2D eigenvalue weighted by Gasteiger charge is -2.22. The molecule has 0 aromatic carbocycles. The van der Waals surface area contributed by atoms with Crippen molar-refractivity contribution in [2.24, 2.45) is 0 Å². The smallest absolute Gasteiger partial charge is 0.244 e. The van der Waals surface area contributed by atoms with E-state index in [-0.39, 0.29) is 21.6 Å². The first-order valence-electron chi connectivity index (χ1n) is 8.04. The third kappa shape index (κ3) is 4.94. The lowest BCUT2D eigenvalue weighted by Crippen LogP contribution is -2.44. The topological polar surface area (TPSA) is 79.4 Å². The maximum Gasteiger partial charge on any atom is 0.244 e. The van der Waals surface area contributed by atoms with Crippen LogP contribution in [0.15, 0.2) is 28.3 Å². The lowest BCUT2D eigenvalue weighted by atomic mass is 10.1. The molecule has 0 radical (unpaired) electrons. The molecule has 1 aromatic rings. The molecule has 0 spiro atoms. The van der Waals surface area contributed by atoms with Crippen LogP contribution in [0.3, 0.4) is 0 Å². The Morgan fingerprint density at radius 3 is 2.42 bits per heavy atom. The second kappa shape index (κ2) is 7.41. The standard InChI is InChI=1S/C16H25N3O3S2/c1-12(15(20)18-16(2,3)4)23-14-8-7-13(11-17-14)24(21,22)19-9-5-6-10-19/h7-8,11-12H,5-6,9-10H2,1-4H3,(H,18,20)/t12-/m0/s1. The number of nitrogens with one attached hydrogen (secondary N) is 1. The first kappa shape index (κ1) is 19.2. The van der Waals surface area contributed by atoms with Crippen LogP contribution in [-0.4, -0.2) is 47.5 Å². The Morgan fingerprint density at radius 2 is 1.92 bits per heavy atom. The summed E-state index contributed by atoms with van der Waals surface area (Å²) in [5.74, 6) is -0.0666. The van der Waals surface area contributed by atoms with Crippen LogP contribution in [-0.2, 0) is 14.8 Å². The number of thioether (sulfide) groups is 1. The molecule has 0 aliphatic carbocycles. The summed E-state index contributed by atoms with van der Waals surface area (Å²) < 4.78 is 26.4. The predicted octanol–water partition coefficient (Wildman–Crippen LogP) is 2.26. The third-order valence-electron chi connectivity index (χ3n) is 3.58. The van der Waals surface area contributed by atoms with E-state index in [1.807, 2.05) is 27.7 Å². The molecule has 1 amide bonds. The molecule has 1 aliphatic rings. The van der Waals surface area contributed by atoms with Gasteiger partial charge in [-0.15, -0.1) is 0 Å². The minimum Gasteiger partial charge on any atom is -0.351 e. The summed E-state index contributed by atoms with van der Waals surface area (Å²) in [5, 5.41) is 3.25. The number of hydrogen-bond acceptors (Lipinski definition) is 5. The number of aromatic nitrogens is 1. The molecule has 6 nitrogen and oxygen atoms in total. The average molecular weight is 372 g/mol. The molecule has 1 saturated heterocycles. The fourth-order valence-corrected chi connectivity index (χ4v) is 4.62. The van der Waals surface area contributed by atoms with Crippen molar-refractivity contribution in [2.45, 2.75) is 61.2 Å². The molecule has 2 rings (SSSR count). The third-order valence-corrected chi connectivity index (χ3v) is 6.51. The highest BCUT2D eigenvalue weighted by Gasteiger charge is 2.27. The number of amides is 1. The van der Waals surface area contributed by atoms with Crippen LogP contribution in [0.1, 0.15) is 40.5 Å². The normalized spacial score (nSPS) is 17.7. The lowest BCUT2D eigenvalue weighted by molar-refractivity contribution is -0.121. The van der Waals surface area contributed by atoms with E-state index < -0.39 is 10.0 Å². The van der Waals surface area contributed by atoms with Gasteiger partial charge in [-0.25, -0.2) is 13.4 Å². The molecule has 134 valence electrons. The predicted molar refractivity (Wildman–Crippen MR) is 95.4 cm³/mol. The Morgan fingerprint density at radius 1 is 1.29 bits per heavy atom. The van der Waals surface area contributed by atoms with Crippen molar-refractivity contribution in [3.63, 3.8) is 0 Å². The van der Waals surface area contributed by atoms with E-state index in [1.54, 1.807) is 12.1 Å². The van der Waals surface area contributed by atoms with Crippen LogP contribution >= 0.6 is 11.8 Å². The monoisotopic (exact) mass is 371 g/mol. The van der Waals surface area contributed by atoms with Gasteiger partial charge in [0.2, 0.25) is 15.9 Å². The van der Waals surface area contributed by atoms with Crippen LogP contribution in [0.5, 0.6) is 0 Å². The zero-order chi connectivity index (χ0) is 18.0. The van der Waals surface area contributed by atoms with E-state index in [1.165, 1.54) is 22.3 Å². The van der Waals surface area contributed by atoms with E-state index in [4.69, 9.17) is 0 Å². The number of rotatable bonds is 5. The van der Waals surface area contributed by atoms with E-state index in [0.29, 0.717) is 18.1 Å². The highest BCUT2D eigenvalue weighted by molar-refractivity contribution is 8.00. The van der Waals surface area contributed by atoms with Gasteiger partial charge in [-0.1, -0.05) is 11.8 Å². The molecule has 1 N–H and O–H groups in total. The van der Waals surface area contributed by atoms with Crippen LogP contribution < -0.4 is 5.32 Å². The highest BCUT2D eigenvalue weighted by Crippen LogP contribution is 2.25. The molecule has 1 aromatic heterocycles. The highest BCUT2D eigenvalue weighted by atomic mass is 32.2. The Bertz CT molecular complexity index is 676. The summed E-state index contributed by atoms with van der Waals surface area (Å²) in [6.45, 7) is 8.74. The largest absolute Gasteiger partial charge is 0.351 e. The fourth-order valence-electron chi connectivity index (χ4n) is 2.37. The van der Waals surface area contributed by atoms with Crippen LogP contribution in [0.2, 0.25) is 0 Å². The fraction of sp³-hybridized carbons (Fsp3) is 0.625. The first-order valence-corrected chi connectivity index (χ1v) is 10.4. The van der Waals surface area contributed by atoms with Gasteiger partial charge < -0.3 is 5.32 Å². The SMILES string of the molecule is C[C@H](Sc1ccc(S(=O)(=O)N2CCCC2)cn1)C(=O)NC(C)(C)C. The molecule has 1 atom stereocenters. The van der Waals surface area contributed by atoms with Gasteiger partial charge in [-0.2, -0.15) is 4.31 Å². The van der Waals surface area contributed by atoms with Gasteiger partial charge in [0, 0.05) is 24.8 Å². The number of hydrogen-bond donors (Lipinski definition) is 1. The number of pyridine rings is 1. The molecule has 0 unspecified atom stereocenters. The summed E-state index contributed by atoms with van der Waals surface area (Å²) in [7, 11) is -3.44. The van der Waals surface area contributed by atoms with Crippen molar-refractivity contribution in [3.05, 3.63) is 18.3 Å². The van der Waals surface area contributed by atoms with Crippen molar-refractivity contribution in [1.29, 1.82) is 0 Å². The molecule has 1 fully saturated rings. The van der Waals surface area contributed by atoms with Gasteiger partial charge in [-0.05, 0) is 52.7 Å². The van der Waals surface area contributed by atoms with Gasteiger partial charge in [-0.3, -0.25) is 4.79 Å². The van der Waals surface area contributed by atoms with E-state index in [0.717, 1.165) is 12.8 Å². The van der Waals surface area contributed by atoms with Crippen molar-refractivity contribution in [1.82, 2.24) is 14.6 Å². The van der Waals surface area contributed by atoms with Gasteiger partial charge in [0.15, 0.2) is 0 Å². The molecule has 2 heterocycles. The van der Waals surface area contributed by atoms with Gasteiger partial charge in [0.25, 0.3) is 0 Å². The maximum absolute atomic E-state index is 12.4. The minimum atomic E-state index is -3.44. The molecule has 0 bridgehead atoms. The summed E-state index contributed by atoms with van der Waals surface area (Å²) in [6, 6.07) is 3.23. The second-order valence-electron chi connectivity index (χ2n) is 6.94. The van der Waals surface area contributed by atoms with Crippen molar-refractivity contribution < 1.29 is 13.2 Å². The zero-order valence-electron chi connectivity index (χ0n) is 14.6. The zero-order valence-corrected chi connectivity index (χ0v) is 16.2. The van der Waals surface area contributed by atoms with Crippen molar-refractivity contribution >= 4 is 27.7 Å². The number of carbonyl (C=O) groups is 1. The number of nitrogens with zero attached hydrogens (tertiary/aromatic N) is 2. The van der Waals surface area contributed by atoms with Crippen LogP contribution in [0.4, 0.5) is 0 Å². The summed E-state index contributed by atoms with van der Waals surface area (Å²) in [6.07, 6.45) is 3.19. The summed E-state index contributed by atoms with van der Waals surface area (Å²) >= 11 is 1.31. The Kier molecular flexibility index (Phi) is 5.93. The Labute approximate surface area is 148 Å². The molecule has 1 aliphatic heterocycles. The van der Waals surface area contributed by atoms with Crippen molar-refractivity contribution in [3.8, 4) is 0 Å². The summed E-state index contributed by atoms with van der Waals surface area (Å²) in [4.78, 5) is 16.5. The van der Waals surface area contributed by atoms with Crippen LogP contribution in [0, 0.1) is 0 Å². The van der Waals surface area contributed by atoms with Gasteiger partial charge >= 0.3 is 0 Å². The van der Waals surface area contributed by atoms with Crippen LogP contribution in [0.25, 0.3) is 0 Å². The van der Waals surface area contributed by atoms with Crippen molar-refractivity contribution in [2.75, 3.05) is 13.1 Å². The Balaban J connectivity index is 2.03. The quantitative estimate of drug-likeness (QED) is 0.803. The molecule has 24 heavy (non-hydrogen) atoms. The second-order valence-corrected chi connectivity index (χ2v) is 10.2. The molecule has 8 heteroatoms. The van der Waals surface area contributed by atoms with E-state index >= 15 is 0 Å². The molecular weight excluding hydrogens is 346 g/mol. The number of sulfonamides is 1. The maximum atomic E-state index is 12.4. The van der Waals surface area contributed by atoms with E-state index in [2.05, 4.69) is 10.3 Å². The Hall–Kier alpha value is -1.12. The molecular formula is C16H25N3O3S2. The minimum absolute atomic E-state index is 0.0666. The molecule has 0 saturated carbocycles. The first-order chi connectivity index (χ1) is 11.1. The van der Waals surface area contributed by atoms with Gasteiger partial charge in [0.1, 0.15) is 4.90 Å².